The van der Waals surface area contributed by atoms with E-state index in [4.69, 9.17) is 9.88 Å². The molecule has 0 aliphatic heterocycles. The number of sulfonamides is 1. The molecule has 7 heteroatoms. The van der Waals surface area contributed by atoms with Gasteiger partial charge in [-0.25, -0.2) is 18.2 Å². The van der Waals surface area contributed by atoms with Crippen LogP contribution in [0.1, 0.15) is 5.69 Å². The smallest absolute Gasteiger partial charge is 0.241 e. The van der Waals surface area contributed by atoms with Gasteiger partial charge in [0.15, 0.2) is 0 Å². The standard InChI is InChI=1S/C11H13N3O3S/c1-8-11(18(12,15)16)7-13-14(8)9-5-3-4-6-10(9)17-2/h3-7H,1-2H3,(H2,12,15,16). The average Bonchev–Trinajstić information content (AvgIpc) is 2.70. The van der Waals surface area contributed by atoms with Crippen LogP contribution in [0, 0.1) is 6.92 Å². The second kappa shape index (κ2) is 4.43. The highest BCUT2D eigenvalue weighted by Gasteiger charge is 2.18. The normalized spacial score (nSPS) is 11.5. The first-order valence-electron chi connectivity index (χ1n) is 5.16. The molecule has 0 saturated heterocycles. The maximum atomic E-state index is 11.3. The van der Waals surface area contributed by atoms with E-state index in [1.807, 2.05) is 12.1 Å². The summed E-state index contributed by atoms with van der Waals surface area (Å²) in [5, 5.41) is 9.15. The molecular formula is C11H13N3O3S. The molecule has 2 N–H and O–H groups in total. The summed E-state index contributed by atoms with van der Waals surface area (Å²) >= 11 is 0. The van der Waals surface area contributed by atoms with E-state index in [1.165, 1.54) is 18.0 Å². The molecule has 2 aromatic rings. The fraction of sp³-hybridized carbons (Fsp3) is 0.182. The summed E-state index contributed by atoms with van der Waals surface area (Å²) in [5.41, 5.74) is 1.11. The number of primary sulfonamides is 1. The predicted octanol–water partition coefficient (Wildman–Crippen LogP) is 0.837. The van der Waals surface area contributed by atoms with E-state index >= 15 is 0 Å². The molecule has 1 heterocycles. The van der Waals surface area contributed by atoms with Gasteiger partial charge in [-0.2, -0.15) is 5.10 Å². The Kier molecular flexibility index (Phi) is 3.10. The Bertz CT molecular complexity index is 677. The maximum absolute atomic E-state index is 11.3. The third kappa shape index (κ3) is 2.09. The molecule has 0 atom stereocenters. The van der Waals surface area contributed by atoms with Crippen LogP contribution in [-0.2, 0) is 10.0 Å². The molecule has 2 rings (SSSR count). The lowest BCUT2D eigenvalue weighted by Gasteiger charge is -2.09. The van der Waals surface area contributed by atoms with Crippen LogP contribution in [0.5, 0.6) is 5.75 Å². The predicted molar refractivity (Wildman–Crippen MR) is 66.2 cm³/mol. The topological polar surface area (TPSA) is 87.2 Å². The number of para-hydroxylation sites is 2. The first kappa shape index (κ1) is 12.6. The molecule has 18 heavy (non-hydrogen) atoms. The van der Waals surface area contributed by atoms with Crippen molar-refractivity contribution >= 4 is 10.0 Å². The van der Waals surface area contributed by atoms with E-state index in [9.17, 15) is 8.42 Å². The van der Waals surface area contributed by atoms with Crippen LogP contribution in [0.25, 0.3) is 5.69 Å². The van der Waals surface area contributed by atoms with Gasteiger partial charge in [0, 0.05) is 0 Å². The van der Waals surface area contributed by atoms with E-state index in [1.54, 1.807) is 19.1 Å². The number of aromatic nitrogens is 2. The molecule has 0 aliphatic carbocycles. The van der Waals surface area contributed by atoms with Crippen molar-refractivity contribution < 1.29 is 13.2 Å². The van der Waals surface area contributed by atoms with Crippen molar-refractivity contribution in [3.8, 4) is 11.4 Å². The summed E-state index contributed by atoms with van der Waals surface area (Å²) in [7, 11) is -2.22. The lowest BCUT2D eigenvalue weighted by molar-refractivity contribution is 0.411. The zero-order valence-corrected chi connectivity index (χ0v) is 10.8. The van der Waals surface area contributed by atoms with Gasteiger partial charge in [-0.15, -0.1) is 0 Å². The minimum absolute atomic E-state index is 0.00778. The second-order valence-corrected chi connectivity index (χ2v) is 5.25. The van der Waals surface area contributed by atoms with Crippen LogP contribution >= 0.6 is 0 Å². The van der Waals surface area contributed by atoms with Crippen molar-refractivity contribution in [3.05, 3.63) is 36.2 Å². The largest absolute Gasteiger partial charge is 0.494 e. The van der Waals surface area contributed by atoms with Crippen molar-refractivity contribution in [1.29, 1.82) is 0 Å². The molecule has 0 amide bonds. The number of ether oxygens (including phenoxy) is 1. The third-order valence-electron chi connectivity index (χ3n) is 2.58. The highest BCUT2D eigenvalue weighted by molar-refractivity contribution is 7.89. The molecule has 0 saturated carbocycles. The maximum Gasteiger partial charge on any atom is 0.241 e. The summed E-state index contributed by atoms with van der Waals surface area (Å²) < 4.78 is 29.4. The summed E-state index contributed by atoms with van der Waals surface area (Å²) in [6.07, 6.45) is 1.23. The van der Waals surface area contributed by atoms with Crippen LogP contribution in [-0.4, -0.2) is 25.3 Å². The Hall–Kier alpha value is -1.86. The van der Waals surface area contributed by atoms with Gasteiger partial charge >= 0.3 is 0 Å². The van der Waals surface area contributed by atoms with Gasteiger partial charge < -0.3 is 4.74 Å². The first-order chi connectivity index (χ1) is 8.45. The zero-order chi connectivity index (χ0) is 13.3. The molecule has 1 aromatic carbocycles. The van der Waals surface area contributed by atoms with E-state index in [-0.39, 0.29) is 4.90 Å². The molecule has 0 aliphatic rings. The van der Waals surface area contributed by atoms with Crippen molar-refractivity contribution in [2.75, 3.05) is 7.11 Å². The number of methoxy groups -OCH3 is 1. The lowest BCUT2D eigenvalue weighted by Crippen LogP contribution is -2.13. The number of hydrogen-bond donors (Lipinski definition) is 1. The van der Waals surface area contributed by atoms with Gasteiger partial charge in [0.2, 0.25) is 10.0 Å². The second-order valence-electron chi connectivity index (χ2n) is 3.72. The highest BCUT2D eigenvalue weighted by Crippen LogP contribution is 2.24. The van der Waals surface area contributed by atoms with Crippen LogP contribution in [0.2, 0.25) is 0 Å². The summed E-state index contributed by atoms with van der Waals surface area (Å²) in [6.45, 7) is 1.64. The molecule has 0 unspecified atom stereocenters. The molecule has 0 radical (unpaired) electrons. The number of benzene rings is 1. The van der Waals surface area contributed by atoms with Gasteiger partial charge in [0.25, 0.3) is 0 Å². The van der Waals surface area contributed by atoms with Gasteiger partial charge in [-0.05, 0) is 19.1 Å². The number of hydrogen-bond acceptors (Lipinski definition) is 4. The fourth-order valence-electron chi connectivity index (χ4n) is 1.72. The van der Waals surface area contributed by atoms with E-state index in [2.05, 4.69) is 5.10 Å². The highest BCUT2D eigenvalue weighted by atomic mass is 32.2. The summed E-state index contributed by atoms with van der Waals surface area (Å²) in [5.74, 6) is 0.602. The average molecular weight is 267 g/mol. The number of nitrogens with zero attached hydrogens (tertiary/aromatic N) is 2. The Morgan fingerprint density at radius 2 is 2.00 bits per heavy atom. The first-order valence-corrected chi connectivity index (χ1v) is 6.70. The van der Waals surface area contributed by atoms with E-state index in [0.29, 0.717) is 17.1 Å². The van der Waals surface area contributed by atoms with Gasteiger partial charge in [-0.3, -0.25) is 0 Å². The Labute approximate surface area is 105 Å². The van der Waals surface area contributed by atoms with Gasteiger partial charge in [-0.1, -0.05) is 12.1 Å². The van der Waals surface area contributed by atoms with Crippen LogP contribution in [0.15, 0.2) is 35.4 Å². The number of nitrogens with two attached hydrogens (primary N) is 1. The fourth-order valence-corrected chi connectivity index (χ4v) is 2.41. The van der Waals surface area contributed by atoms with Crippen molar-refractivity contribution in [2.45, 2.75) is 11.8 Å². The van der Waals surface area contributed by atoms with Crippen LogP contribution in [0.4, 0.5) is 0 Å². The van der Waals surface area contributed by atoms with Crippen molar-refractivity contribution in [2.24, 2.45) is 5.14 Å². The van der Waals surface area contributed by atoms with Crippen LogP contribution < -0.4 is 9.88 Å². The minimum Gasteiger partial charge on any atom is -0.494 e. The lowest BCUT2D eigenvalue weighted by atomic mass is 10.3. The Morgan fingerprint density at radius 3 is 2.56 bits per heavy atom. The molecule has 1 aromatic heterocycles. The SMILES string of the molecule is COc1ccccc1-n1ncc(S(N)(=O)=O)c1C. The van der Waals surface area contributed by atoms with Crippen LogP contribution in [0.3, 0.4) is 0 Å². The molecular weight excluding hydrogens is 254 g/mol. The molecule has 96 valence electrons. The summed E-state index contributed by atoms with van der Waals surface area (Å²) in [4.78, 5) is 0.00778. The van der Waals surface area contributed by atoms with Gasteiger partial charge in [0.1, 0.15) is 16.3 Å². The zero-order valence-electron chi connectivity index (χ0n) is 9.99. The van der Waals surface area contributed by atoms with E-state index in [0.717, 1.165) is 0 Å². The summed E-state index contributed by atoms with van der Waals surface area (Å²) in [6, 6.07) is 7.19. The number of rotatable bonds is 3. The Morgan fingerprint density at radius 1 is 1.33 bits per heavy atom. The molecule has 0 fully saturated rings. The molecule has 6 nitrogen and oxygen atoms in total. The van der Waals surface area contributed by atoms with E-state index < -0.39 is 10.0 Å². The van der Waals surface area contributed by atoms with Crippen molar-refractivity contribution in [1.82, 2.24) is 9.78 Å². The molecule has 0 spiro atoms. The molecule has 0 bridgehead atoms. The van der Waals surface area contributed by atoms with Crippen molar-refractivity contribution in [3.63, 3.8) is 0 Å². The quantitative estimate of drug-likeness (QED) is 0.892. The minimum atomic E-state index is -3.76. The Balaban J connectivity index is 2.63. The third-order valence-corrected chi connectivity index (χ3v) is 3.60. The monoisotopic (exact) mass is 267 g/mol. The van der Waals surface area contributed by atoms with Gasteiger partial charge in [0.05, 0.1) is 19.0 Å².